The van der Waals surface area contributed by atoms with E-state index in [2.05, 4.69) is 48.4 Å². The number of rotatable bonds is 3. The van der Waals surface area contributed by atoms with Gasteiger partial charge in [0.05, 0.1) is 0 Å². The van der Waals surface area contributed by atoms with Crippen LogP contribution in [0.3, 0.4) is 0 Å². The number of hydrogen-bond donors (Lipinski definition) is 0. The van der Waals surface area contributed by atoms with Crippen LogP contribution < -0.4 is 0 Å². The Labute approximate surface area is 86.2 Å². The summed E-state index contributed by atoms with van der Waals surface area (Å²) in [5, 5.41) is 0. The average Bonchev–Trinajstić information content (AvgIpc) is 2.25. The minimum Gasteiger partial charge on any atom is -0.266 e. The molecule has 0 heterocycles. The van der Waals surface area contributed by atoms with Gasteiger partial charge in [0.25, 0.3) is 0 Å². The molecule has 0 aliphatic heterocycles. The molecule has 0 amide bonds. The molecule has 0 aromatic rings. The van der Waals surface area contributed by atoms with Gasteiger partial charge in [0.15, 0.2) is 0 Å². The zero-order valence-corrected chi connectivity index (χ0v) is 8.90. The third kappa shape index (κ3) is 4.04. The first kappa shape index (κ1) is 10.7. The molecule has 0 bridgehead atoms. The molecule has 0 fully saturated rings. The largest absolute Gasteiger partial charge is 0.266 e. The molecule has 1 heteroatoms. The monoisotopic (exact) mass is 187 g/mol. The smallest absolute Gasteiger partial charge is 0.0368 e. The lowest BCUT2D eigenvalue weighted by Crippen LogP contribution is -1.79. The highest BCUT2D eigenvalue weighted by Crippen LogP contribution is 2.10. The van der Waals surface area contributed by atoms with Crippen LogP contribution in [0.2, 0.25) is 0 Å². The second-order valence-corrected chi connectivity index (χ2v) is 3.26. The lowest BCUT2D eigenvalue weighted by atomic mass is 10.1. The molecule has 0 spiro atoms. The summed E-state index contributed by atoms with van der Waals surface area (Å²) in [5.74, 6) is 0. The molecule has 1 aliphatic rings. The van der Waals surface area contributed by atoms with Crippen LogP contribution in [0, 0.1) is 0 Å². The highest BCUT2D eigenvalue weighted by atomic mass is 14.7. The zero-order chi connectivity index (χ0) is 10.2. The van der Waals surface area contributed by atoms with Gasteiger partial charge in [0, 0.05) is 11.9 Å². The summed E-state index contributed by atoms with van der Waals surface area (Å²) in [5.41, 5.74) is 2.39. The average molecular weight is 187 g/mol. The third-order valence-corrected chi connectivity index (χ3v) is 1.93. The van der Waals surface area contributed by atoms with Crippen molar-refractivity contribution in [2.24, 2.45) is 4.99 Å². The van der Waals surface area contributed by atoms with Gasteiger partial charge in [0.1, 0.15) is 0 Å². The molecule has 1 rings (SSSR count). The SMILES string of the molecule is CCC=N/C(C)=C\C=C1\C=CC=CC1. The molecule has 0 saturated heterocycles. The molecule has 1 aliphatic carbocycles. The van der Waals surface area contributed by atoms with Crippen molar-refractivity contribution in [1.29, 1.82) is 0 Å². The summed E-state index contributed by atoms with van der Waals surface area (Å²) in [4.78, 5) is 4.28. The fourth-order valence-electron chi connectivity index (χ4n) is 1.16. The lowest BCUT2D eigenvalue weighted by molar-refractivity contribution is 1.23. The molecule has 0 unspecified atom stereocenters. The van der Waals surface area contributed by atoms with E-state index in [1.807, 2.05) is 13.1 Å². The predicted octanol–water partition coefficient (Wildman–Crippen LogP) is 3.81. The van der Waals surface area contributed by atoms with E-state index in [1.165, 1.54) is 5.57 Å². The zero-order valence-electron chi connectivity index (χ0n) is 8.90. The van der Waals surface area contributed by atoms with Crippen LogP contribution in [-0.4, -0.2) is 6.21 Å². The molecule has 0 aromatic carbocycles. The normalized spacial score (nSPS) is 19.9. The minimum atomic E-state index is 0.990. The molecule has 1 nitrogen and oxygen atoms in total. The Morgan fingerprint density at radius 1 is 1.50 bits per heavy atom. The summed E-state index contributed by atoms with van der Waals surface area (Å²) in [6.45, 7) is 4.11. The molecule has 74 valence electrons. The highest BCUT2D eigenvalue weighted by molar-refractivity contribution is 5.58. The van der Waals surface area contributed by atoms with Gasteiger partial charge in [-0.2, -0.15) is 0 Å². The standard InChI is InChI=1S/C13H17N/c1-3-11-14-12(2)9-10-13-7-5-4-6-8-13/h4-7,9-11H,3,8H2,1-2H3/b12-9-,13-10-,14-11?. The van der Waals surface area contributed by atoms with E-state index in [4.69, 9.17) is 0 Å². The molecule has 0 radical (unpaired) electrons. The van der Waals surface area contributed by atoms with Gasteiger partial charge in [-0.15, -0.1) is 0 Å². The maximum absolute atomic E-state index is 4.28. The summed E-state index contributed by atoms with van der Waals surface area (Å²) in [6, 6.07) is 0. The topological polar surface area (TPSA) is 12.4 Å². The van der Waals surface area contributed by atoms with Crippen LogP contribution in [0.4, 0.5) is 0 Å². The first-order valence-corrected chi connectivity index (χ1v) is 5.06. The van der Waals surface area contributed by atoms with Crippen molar-refractivity contribution in [3.8, 4) is 0 Å². The van der Waals surface area contributed by atoms with Crippen molar-refractivity contribution >= 4 is 6.21 Å². The summed E-state index contributed by atoms with van der Waals surface area (Å²) < 4.78 is 0. The van der Waals surface area contributed by atoms with Gasteiger partial charge < -0.3 is 0 Å². The molecule has 14 heavy (non-hydrogen) atoms. The van der Waals surface area contributed by atoms with E-state index in [1.54, 1.807) is 0 Å². The van der Waals surface area contributed by atoms with Crippen LogP contribution in [0.15, 0.2) is 52.7 Å². The van der Waals surface area contributed by atoms with Gasteiger partial charge in [-0.05, 0) is 31.4 Å². The van der Waals surface area contributed by atoms with Crippen molar-refractivity contribution < 1.29 is 0 Å². The van der Waals surface area contributed by atoms with Gasteiger partial charge in [0.2, 0.25) is 0 Å². The van der Waals surface area contributed by atoms with Crippen LogP contribution >= 0.6 is 0 Å². The van der Waals surface area contributed by atoms with E-state index >= 15 is 0 Å². The Morgan fingerprint density at radius 3 is 3.00 bits per heavy atom. The van der Waals surface area contributed by atoms with E-state index in [0.29, 0.717) is 0 Å². The third-order valence-electron chi connectivity index (χ3n) is 1.93. The van der Waals surface area contributed by atoms with Crippen molar-refractivity contribution in [3.63, 3.8) is 0 Å². The van der Waals surface area contributed by atoms with Crippen LogP contribution in [0.5, 0.6) is 0 Å². The second kappa shape index (κ2) is 6.14. The van der Waals surface area contributed by atoms with Crippen molar-refractivity contribution in [2.75, 3.05) is 0 Å². The first-order valence-electron chi connectivity index (χ1n) is 5.06. The fourth-order valence-corrected chi connectivity index (χ4v) is 1.16. The Hall–Kier alpha value is -1.37. The van der Waals surface area contributed by atoms with Crippen LogP contribution in [0.1, 0.15) is 26.7 Å². The van der Waals surface area contributed by atoms with Crippen LogP contribution in [0.25, 0.3) is 0 Å². The number of allylic oxidation sites excluding steroid dienone is 8. The Kier molecular flexibility index (Phi) is 4.70. The first-order chi connectivity index (χ1) is 6.83. The van der Waals surface area contributed by atoms with Crippen molar-refractivity contribution in [2.45, 2.75) is 26.7 Å². The van der Waals surface area contributed by atoms with Crippen LogP contribution in [-0.2, 0) is 0 Å². The molecular weight excluding hydrogens is 170 g/mol. The van der Waals surface area contributed by atoms with Gasteiger partial charge in [-0.1, -0.05) is 37.3 Å². The van der Waals surface area contributed by atoms with E-state index in [0.717, 1.165) is 18.5 Å². The Balaban J connectivity index is 2.56. The van der Waals surface area contributed by atoms with E-state index < -0.39 is 0 Å². The molecule has 0 saturated carbocycles. The quantitative estimate of drug-likeness (QED) is 0.596. The van der Waals surface area contributed by atoms with E-state index in [9.17, 15) is 0 Å². The molecule has 0 atom stereocenters. The fraction of sp³-hybridized carbons (Fsp3) is 0.308. The highest BCUT2D eigenvalue weighted by Gasteiger charge is 1.90. The summed E-state index contributed by atoms with van der Waals surface area (Å²) in [7, 11) is 0. The lowest BCUT2D eigenvalue weighted by Gasteiger charge is -1.99. The number of nitrogens with zero attached hydrogens (tertiary/aromatic N) is 1. The number of hydrogen-bond acceptors (Lipinski definition) is 1. The van der Waals surface area contributed by atoms with Gasteiger partial charge in [-0.25, -0.2) is 0 Å². The molecule has 0 N–H and O–H groups in total. The van der Waals surface area contributed by atoms with Crippen molar-refractivity contribution in [3.05, 3.63) is 47.7 Å². The van der Waals surface area contributed by atoms with Gasteiger partial charge in [-0.3, -0.25) is 4.99 Å². The minimum absolute atomic E-state index is 0.990. The predicted molar refractivity (Wildman–Crippen MR) is 63.5 cm³/mol. The van der Waals surface area contributed by atoms with Gasteiger partial charge >= 0.3 is 0 Å². The molecule has 0 aromatic heterocycles. The maximum atomic E-state index is 4.28. The Morgan fingerprint density at radius 2 is 2.36 bits per heavy atom. The second-order valence-electron chi connectivity index (χ2n) is 3.26. The van der Waals surface area contributed by atoms with E-state index in [-0.39, 0.29) is 0 Å². The maximum Gasteiger partial charge on any atom is 0.0368 e. The van der Waals surface area contributed by atoms with Crippen molar-refractivity contribution in [1.82, 2.24) is 0 Å². The summed E-state index contributed by atoms with van der Waals surface area (Å²) >= 11 is 0. The molecular formula is C13H17N. The Bertz CT molecular complexity index is 314. The number of aliphatic imine (C=N–C) groups is 1. The summed E-state index contributed by atoms with van der Waals surface area (Å²) in [6.07, 6.45) is 16.6.